The van der Waals surface area contributed by atoms with Gasteiger partial charge in [0.15, 0.2) is 5.82 Å². The quantitative estimate of drug-likeness (QED) is 0.370. The molecular formula is C27H29N5OS. The van der Waals surface area contributed by atoms with Crippen LogP contribution in [0.3, 0.4) is 0 Å². The second-order valence-corrected chi connectivity index (χ2v) is 9.17. The summed E-state index contributed by atoms with van der Waals surface area (Å²) in [5.41, 5.74) is 5.46. The molecule has 2 aromatic heterocycles. The largest absolute Gasteiger partial charge is 0.497 e. The summed E-state index contributed by atoms with van der Waals surface area (Å²) in [6.07, 6.45) is 5.82. The highest BCUT2D eigenvalue weighted by molar-refractivity contribution is 7.18. The minimum absolute atomic E-state index is 0.836. The summed E-state index contributed by atoms with van der Waals surface area (Å²) in [6, 6.07) is 16.7. The number of hydrogen-bond donors (Lipinski definition) is 1. The van der Waals surface area contributed by atoms with Crippen LogP contribution in [0.4, 0.5) is 17.2 Å². The Morgan fingerprint density at radius 2 is 1.74 bits per heavy atom. The molecule has 1 aliphatic heterocycles. The molecule has 0 amide bonds. The number of benzene rings is 2. The lowest BCUT2D eigenvalue weighted by Crippen LogP contribution is -2.46. The molecule has 0 saturated carbocycles. The number of hydrogen-bond acceptors (Lipinski definition) is 7. The van der Waals surface area contributed by atoms with Gasteiger partial charge in [-0.2, -0.15) is 0 Å². The van der Waals surface area contributed by atoms with Crippen LogP contribution in [0.1, 0.15) is 18.1 Å². The molecular weight excluding hydrogens is 442 g/mol. The first-order valence-corrected chi connectivity index (χ1v) is 12.5. The van der Waals surface area contributed by atoms with E-state index in [0.717, 1.165) is 71.3 Å². The van der Waals surface area contributed by atoms with Crippen molar-refractivity contribution >= 4 is 50.9 Å². The van der Waals surface area contributed by atoms with Gasteiger partial charge >= 0.3 is 0 Å². The van der Waals surface area contributed by atoms with Crippen molar-refractivity contribution in [2.75, 3.05) is 50.1 Å². The number of fused-ring (bicyclic) bond motifs is 1. The molecule has 0 atom stereocenters. The number of rotatable bonds is 7. The molecule has 0 unspecified atom stereocenters. The molecule has 0 spiro atoms. The molecule has 5 rings (SSSR count). The molecule has 7 heteroatoms. The summed E-state index contributed by atoms with van der Waals surface area (Å²) in [4.78, 5) is 14.0. The van der Waals surface area contributed by atoms with E-state index < -0.39 is 0 Å². The number of aromatic nitrogens is 2. The number of nitrogens with one attached hydrogen (secondary N) is 1. The maximum atomic E-state index is 5.23. The van der Waals surface area contributed by atoms with Gasteiger partial charge in [-0.25, -0.2) is 9.97 Å². The van der Waals surface area contributed by atoms with E-state index in [1.165, 1.54) is 5.69 Å². The van der Waals surface area contributed by atoms with E-state index in [-0.39, 0.29) is 0 Å². The fraction of sp³-hybridized carbons (Fsp3) is 0.259. The zero-order chi connectivity index (χ0) is 23.3. The van der Waals surface area contributed by atoms with Crippen molar-refractivity contribution in [2.24, 2.45) is 0 Å². The van der Waals surface area contributed by atoms with Crippen LogP contribution in [0.25, 0.3) is 22.4 Å². The molecule has 0 bridgehead atoms. The lowest BCUT2D eigenvalue weighted by Gasteiger charge is -2.35. The zero-order valence-corrected chi connectivity index (χ0v) is 20.4. The molecule has 0 aliphatic carbocycles. The van der Waals surface area contributed by atoms with Crippen molar-refractivity contribution < 1.29 is 4.74 Å². The van der Waals surface area contributed by atoms with Crippen molar-refractivity contribution in [3.8, 4) is 5.75 Å². The highest BCUT2D eigenvalue weighted by Crippen LogP contribution is 2.32. The lowest BCUT2D eigenvalue weighted by molar-refractivity contribution is 0.271. The van der Waals surface area contributed by atoms with Crippen LogP contribution in [-0.2, 0) is 0 Å². The molecule has 1 aliphatic rings. The predicted molar refractivity (Wildman–Crippen MR) is 143 cm³/mol. The molecule has 2 aromatic carbocycles. The van der Waals surface area contributed by atoms with Crippen molar-refractivity contribution in [2.45, 2.75) is 6.92 Å². The summed E-state index contributed by atoms with van der Waals surface area (Å²) in [5, 5.41) is 5.62. The van der Waals surface area contributed by atoms with Gasteiger partial charge in [0.05, 0.1) is 17.3 Å². The summed E-state index contributed by atoms with van der Waals surface area (Å²) in [5.74, 6) is 1.69. The minimum Gasteiger partial charge on any atom is -0.497 e. The zero-order valence-electron chi connectivity index (χ0n) is 19.6. The molecule has 34 heavy (non-hydrogen) atoms. The van der Waals surface area contributed by atoms with Crippen LogP contribution in [0.5, 0.6) is 5.75 Å². The summed E-state index contributed by atoms with van der Waals surface area (Å²) in [7, 11) is 1.68. The highest BCUT2D eigenvalue weighted by atomic mass is 32.1. The summed E-state index contributed by atoms with van der Waals surface area (Å²) < 4.78 is 6.29. The minimum atomic E-state index is 0.836. The number of ether oxygens (including phenoxy) is 1. The highest BCUT2D eigenvalue weighted by Gasteiger charge is 2.16. The second kappa shape index (κ2) is 10.2. The molecule has 1 fully saturated rings. The second-order valence-electron chi connectivity index (χ2n) is 8.29. The molecule has 1 N–H and O–H groups in total. The van der Waals surface area contributed by atoms with E-state index in [1.54, 1.807) is 24.8 Å². The summed E-state index contributed by atoms with van der Waals surface area (Å²) in [6.45, 7) is 7.77. The van der Waals surface area contributed by atoms with Gasteiger partial charge < -0.3 is 19.9 Å². The number of anilines is 3. The Balaban J connectivity index is 1.30. The van der Waals surface area contributed by atoms with E-state index in [2.05, 4.69) is 73.8 Å². The first-order chi connectivity index (χ1) is 16.7. The topological polar surface area (TPSA) is 53.5 Å². The molecule has 6 nitrogen and oxygen atoms in total. The SMILES string of the molecule is CCN1CCN(c2ccc(Nc3ncnc4c(C=Cc5ccc(OC)cc5)csc34)cc2)CC1. The third-order valence-corrected chi connectivity index (χ3v) is 7.26. The molecule has 4 aromatic rings. The number of likely N-dealkylation sites (N-methyl/N-ethyl adjacent to an activating group) is 1. The third-order valence-electron chi connectivity index (χ3n) is 6.27. The smallest absolute Gasteiger partial charge is 0.151 e. The Hall–Kier alpha value is -3.42. The van der Waals surface area contributed by atoms with Crippen LogP contribution in [0.15, 0.2) is 60.2 Å². The number of thiophene rings is 1. The van der Waals surface area contributed by atoms with E-state index >= 15 is 0 Å². The molecule has 3 heterocycles. The lowest BCUT2D eigenvalue weighted by atomic mass is 10.1. The number of nitrogens with zero attached hydrogens (tertiary/aromatic N) is 4. The van der Waals surface area contributed by atoms with Crippen LogP contribution in [0.2, 0.25) is 0 Å². The standard InChI is InChI=1S/C27H29N5OS/c1-3-31-14-16-32(17-15-31)23-10-8-22(9-11-23)30-27-26-25(28-19-29-27)21(18-34-26)7-4-20-5-12-24(33-2)13-6-20/h4-13,18-19H,3,14-17H2,1-2H3,(H,28,29,30). The average molecular weight is 472 g/mol. The van der Waals surface area contributed by atoms with Crippen LogP contribution < -0.4 is 15.0 Å². The Kier molecular flexibility index (Phi) is 6.74. The van der Waals surface area contributed by atoms with Crippen molar-refractivity contribution in [1.82, 2.24) is 14.9 Å². The normalized spacial score (nSPS) is 14.7. The van der Waals surface area contributed by atoms with E-state index in [0.29, 0.717) is 0 Å². The maximum Gasteiger partial charge on any atom is 0.151 e. The van der Waals surface area contributed by atoms with E-state index in [9.17, 15) is 0 Å². The van der Waals surface area contributed by atoms with Gasteiger partial charge in [0.1, 0.15) is 12.1 Å². The maximum absolute atomic E-state index is 5.23. The Bertz CT molecular complexity index is 1260. The van der Waals surface area contributed by atoms with Gasteiger partial charge in [-0.15, -0.1) is 11.3 Å². The first-order valence-electron chi connectivity index (χ1n) is 11.6. The van der Waals surface area contributed by atoms with Gasteiger partial charge in [0.25, 0.3) is 0 Å². The van der Waals surface area contributed by atoms with E-state index in [4.69, 9.17) is 4.74 Å². The predicted octanol–water partition coefficient (Wildman–Crippen LogP) is 5.76. The third kappa shape index (κ3) is 4.90. The Morgan fingerprint density at radius 1 is 0.971 bits per heavy atom. The van der Waals surface area contributed by atoms with Crippen LogP contribution in [-0.4, -0.2) is 54.7 Å². The van der Waals surface area contributed by atoms with Crippen LogP contribution in [0, 0.1) is 0 Å². The van der Waals surface area contributed by atoms with E-state index in [1.807, 2.05) is 24.3 Å². The van der Waals surface area contributed by atoms with Crippen molar-refractivity contribution in [3.05, 3.63) is 71.4 Å². The number of methoxy groups -OCH3 is 1. The van der Waals surface area contributed by atoms with Crippen molar-refractivity contribution in [1.29, 1.82) is 0 Å². The fourth-order valence-electron chi connectivity index (χ4n) is 4.19. The molecule has 174 valence electrons. The van der Waals surface area contributed by atoms with Gasteiger partial charge in [-0.05, 0) is 48.5 Å². The molecule has 1 saturated heterocycles. The monoisotopic (exact) mass is 471 g/mol. The number of piperazine rings is 1. The summed E-state index contributed by atoms with van der Waals surface area (Å²) >= 11 is 1.66. The Morgan fingerprint density at radius 3 is 2.44 bits per heavy atom. The van der Waals surface area contributed by atoms with Crippen molar-refractivity contribution in [3.63, 3.8) is 0 Å². The fourth-order valence-corrected chi connectivity index (χ4v) is 5.12. The first kappa shape index (κ1) is 22.4. The Labute approximate surface area is 204 Å². The van der Waals surface area contributed by atoms with Gasteiger partial charge in [-0.1, -0.05) is 31.2 Å². The van der Waals surface area contributed by atoms with Gasteiger partial charge in [-0.3, -0.25) is 0 Å². The van der Waals surface area contributed by atoms with Crippen LogP contribution >= 0.6 is 11.3 Å². The molecule has 0 radical (unpaired) electrons. The van der Waals surface area contributed by atoms with Gasteiger partial charge in [0.2, 0.25) is 0 Å². The average Bonchev–Trinajstić information content (AvgIpc) is 3.32. The van der Waals surface area contributed by atoms with Gasteiger partial charge in [0, 0.05) is 48.5 Å².